The first-order chi connectivity index (χ1) is 27.0. The van der Waals surface area contributed by atoms with Gasteiger partial charge in [-0.05, 0) is 96.3 Å². The van der Waals surface area contributed by atoms with Crippen molar-refractivity contribution in [2.45, 2.75) is 181 Å². The van der Waals surface area contributed by atoms with Crippen molar-refractivity contribution in [1.82, 2.24) is 0 Å². The summed E-state index contributed by atoms with van der Waals surface area (Å²) < 4.78 is 16.6. The van der Waals surface area contributed by atoms with Gasteiger partial charge < -0.3 is 14.2 Å². The Bertz CT molecular complexity index is 1150. The smallest absolute Gasteiger partial charge is 0.306 e. The van der Waals surface area contributed by atoms with E-state index in [1.165, 1.54) is 0 Å². The first-order valence-corrected chi connectivity index (χ1v) is 21.8. The van der Waals surface area contributed by atoms with Crippen molar-refractivity contribution in [2.75, 3.05) is 13.2 Å². The zero-order valence-electron chi connectivity index (χ0n) is 35.1. The molecular formula is C49H78O6. The Kier molecular flexibility index (Phi) is 40.2. The van der Waals surface area contributed by atoms with Crippen molar-refractivity contribution in [3.63, 3.8) is 0 Å². The Labute approximate surface area is 337 Å². The lowest BCUT2D eigenvalue weighted by Gasteiger charge is -2.18. The third kappa shape index (κ3) is 41.3. The predicted octanol–water partition coefficient (Wildman–Crippen LogP) is 13.9. The molecule has 0 aliphatic carbocycles. The van der Waals surface area contributed by atoms with Gasteiger partial charge in [0.15, 0.2) is 6.10 Å². The minimum absolute atomic E-state index is 0.109. The minimum atomic E-state index is -0.810. The molecule has 0 aliphatic heterocycles. The first kappa shape index (κ1) is 51.3. The van der Waals surface area contributed by atoms with E-state index in [-0.39, 0.29) is 37.5 Å². The average Bonchev–Trinajstić information content (AvgIpc) is 3.18. The molecule has 0 bridgehead atoms. The molecule has 0 N–H and O–H groups in total. The molecule has 0 rings (SSSR count). The van der Waals surface area contributed by atoms with Crippen LogP contribution in [-0.4, -0.2) is 37.2 Å². The van der Waals surface area contributed by atoms with Crippen LogP contribution in [0, 0.1) is 0 Å². The molecular weight excluding hydrogens is 685 g/mol. The van der Waals surface area contributed by atoms with Crippen molar-refractivity contribution < 1.29 is 28.6 Å². The Hall–Kier alpha value is -3.67. The molecule has 0 saturated heterocycles. The van der Waals surface area contributed by atoms with Gasteiger partial charge in [0.25, 0.3) is 0 Å². The summed E-state index contributed by atoms with van der Waals surface area (Å²) >= 11 is 0. The zero-order valence-corrected chi connectivity index (χ0v) is 35.1. The molecule has 55 heavy (non-hydrogen) atoms. The molecule has 0 radical (unpaired) electrons. The molecule has 0 aromatic rings. The molecule has 0 heterocycles. The summed E-state index contributed by atoms with van der Waals surface area (Å²) in [6.45, 7) is 6.18. The van der Waals surface area contributed by atoms with Crippen LogP contribution in [-0.2, 0) is 28.6 Å². The van der Waals surface area contributed by atoms with Crippen LogP contribution in [0.2, 0.25) is 0 Å². The summed E-state index contributed by atoms with van der Waals surface area (Å²) in [4.78, 5) is 37.7. The van der Waals surface area contributed by atoms with E-state index >= 15 is 0 Å². The Morgan fingerprint density at radius 2 is 0.745 bits per heavy atom. The fourth-order valence-corrected chi connectivity index (χ4v) is 5.43. The molecule has 0 fully saturated rings. The third-order valence-corrected chi connectivity index (χ3v) is 8.63. The summed E-state index contributed by atoms with van der Waals surface area (Å²) in [5.41, 5.74) is 0. The summed E-state index contributed by atoms with van der Waals surface area (Å²) in [5.74, 6) is -0.997. The van der Waals surface area contributed by atoms with Crippen LogP contribution in [0.25, 0.3) is 0 Å². The molecule has 0 aromatic carbocycles. The summed E-state index contributed by atoms with van der Waals surface area (Å²) in [5, 5.41) is 0. The maximum absolute atomic E-state index is 12.7. The maximum Gasteiger partial charge on any atom is 0.306 e. The van der Waals surface area contributed by atoms with Gasteiger partial charge in [-0.2, -0.15) is 0 Å². The number of carbonyl (C=O) groups is 3. The Balaban J connectivity index is 4.51. The van der Waals surface area contributed by atoms with E-state index in [9.17, 15) is 14.4 Å². The SMILES string of the molecule is CC\C=C/C=C\C=C/CCCCCCCC(=O)OCC(COC(=O)CCCCCCC/C=C\C/C=C\CC)OC(=O)CCCC/C=C\C/C=C\C/C=C\CC. The van der Waals surface area contributed by atoms with E-state index in [0.29, 0.717) is 19.3 Å². The molecule has 0 saturated carbocycles. The minimum Gasteiger partial charge on any atom is -0.462 e. The Morgan fingerprint density at radius 1 is 0.382 bits per heavy atom. The van der Waals surface area contributed by atoms with E-state index in [4.69, 9.17) is 14.2 Å². The molecule has 310 valence electrons. The second-order valence-electron chi connectivity index (χ2n) is 13.9. The van der Waals surface area contributed by atoms with Crippen LogP contribution in [0.4, 0.5) is 0 Å². The quantitative estimate of drug-likeness (QED) is 0.0206. The number of esters is 3. The van der Waals surface area contributed by atoms with Crippen molar-refractivity contribution in [3.8, 4) is 0 Å². The standard InChI is InChI=1S/C49H78O6/c1-4-7-10-13-16-19-22-25-28-30-33-36-39-42-48(51)54-45-46(55-49(52)43-40-37-34-31-27-24-21-18-15-12-9-6-3)44-53-47(50)41-38-35-32-29-26-23-20-17-14-11-8-5-2/h7-13,16-22,27,31,46H,4-6,14-15,23-26,28-30,32-45H2,1-3H3/b10-7-,11-8-,12-9-,16-13-,20-17-,21-18-,22-19-,31-27-. The highest BCUT2D eigenvalue weighted by Crippen LogP contribution is 2.12. The second kappa shape index (κ2) is 43.1. The van der Waals surface area contributed by atoms with Crippen molar-refractivity contribution in [3.05, 3.63) is 97.2 Å². The first-order valence-electron chi connectivity index (χ1n) is 21.8. The molecule has 1 unspecified atom stereocenters. The fraction of sp³-hybridized carbons (Fsp3) is 0.612. The van der Waals surface area contributed by atoms with Crippen LogP contribution < -0.4 is 0 Å². The molecule has 6 nitrogen and oxygen atoms in total. The zero-order chi connectivity index (χ0) is 40.1. The summed E-state index contributed by atoms with van der Waals surface area (Å²) in [6, 6.07) is 0. The lowest BCUT2D eigenvalue weighted by atomic mass is 10.1. The van der Waals surface area contributed by atoms with E-state index in [2.05, 4.69) is 112 Å². The van der Waals surface area contributed by atoms with Gasteiger partial charge in [-0.15, -0.1) is 0 Å². The van der Waals surface area contributed by atoms with Gasteiger partial charge in [0, 0.05) is 19.3 Å². The van der Waals surface area contributed by atoms with E-state index < -0.39 is 6.10 Å². The van der Waals surface area contributed by atoms with Crippen molar-refractivity contribution in [2.24, 2.45) is 0 Å². The third-order valence-electron chi connectivity index (χ3n) is 8.63. The number of rotatable bonds is 37. The molecule has 1 atom stereocenters. The monoisotopic (exact) mass is 763 g/mol. The largest absolute Gasteiger partial charge is 0.462 e. The van der Waals surface area contributed by atoms with E-state index in [1.807, 2.05) is 6.08 Å². The number of carbonyl (C=O) groups excluding carboxylic acids is 3. The molecule has 0 aromatic heterocycles. The van der Waals surface area contributed by atoms with Crippen LogP contribution in [0.1, 0.15) is 175 Å². The lowest BCUT2D eigenvalue weighted by molar-refractivity contribution is -0.167. The normalized spacial score (nSPS) is 13.0. The van der Waals surface area contributed by atoms with Gasteiger partial charge in [-0.3, -0.25) is 14.4 Å². The van der Waals surface area contributed by atoms with Gasteiger partial charge in [0.2, 0.25) is 0 Å². The molecule has 0 spiro atoms. The number of hydrogen-bond donors (Lipinski definition) is 0. The highest BCUT2D eigenvalue weighted by atomic mass is 16.6. The van der Waals surface area contributed by atoms with Crippen molar-refractivity contribution >= 4 is 17.9 Å². The van der Waals surface area contributed by atoms with Gasteiger partial charge in [0.05, 0.1) is 0 Å². The number of ether oxygens (including phenoxy) is 3. The van der Waals surface area contributed by atoms with Gasteiger partial charge in [0.1, 0.15) is 13.2 Å². The van der Waals surface area contributed by atoms with Crippen LogP contribution in [0.15, 0.2) is 97.2 Å². The van der Waals surface area contributed by atoms with Crippen LogP contribution >= 0.6 is 0 Å². The molecule has 0 amide bonds. The van der Waals surface area contributed by atoms with Crippen LogP contribution in [0.5, 0.6) is 0 Å². The lowest BCUT2D eigenvalue weighted by Crippen LogP contribution is -2.30. The Morgan fingerprint density at radius 3 is 1.25 bits per heavy atom. The van der Waals surface area contributed by atoms with Gasteiger partial charge >= 0.3 is 17.9 Å². The number of hydrogen-bond acceptors (Lipinski definition) is 6. The van der Waals surface area contributed by atoms with E-state index in [1.54, 1.807) is 0 Å². The number of allylic oxidation sites excluding steroid dienone is 16. The molecule has 6 heteroatoms. The number of unbranched alkanes of at least 4 members (excludes halogenated alkanes) is 12. The summed E-state index contributed by atoms with van der Waals surface area (Å²) in [7, 11) is 0. The maximum atomic E-state index is 12.7. The van der Waals surface area contributed by atoms with Gasteiger partial charge in [-0.1, -0.05) is 157 Å². The predicted molar refractivity (Wildman–Crippen MR) is 233 cm³/mol. The molecule has 0 aliphatic rings. The van der Waals surface area contributed by atoms with Gasteiger partial charge in [-0.25, -0.2) is 0 Å². The average molecular weight is 763 g/mol. The second-order valence-corrected chi connectivity index (χ2v) is 13.9. The van der Waals surface area contributed by atoms with E-state index in [0.717, 1.165) is 128 Å². The fourth-order valence-electron chi connectivity index (χ4n) is 5.43. The highest BCUT2D eigenvalue weighted by molar-refractivity contribution is 5.71. The highest BCUT2D eigenvalue weighted by Gasteiger charge is 2.19. The van der Waals surface area contributed by atoms with Crippen LogP contribution in [0.3, 0.4) is 0 Å². The topological polar surface area (TPSA) is 78.9 Å². The van der Waals surface area contributed by atoms with Crippen molar-refractivity contribution in [1.29, 1.82) is 0 Å². The summed E-state index contributed by atoms with van der Waals surface area (Å²) in [6.07, 6.45) is 55.4.